The number of ether oxygens (including phenoxy) is 1. The number of rotatable bonds is 4. The van der Waals surface area contributed by atoms with Gasteiger partial charge >= 0.3 is 0 Å². The van der Waals surface area contributed by atoms with Gasteiger partial charge in [0.15, 0.2) is 0 Å². The highest BCUT2D eigenvalue weighted by molar-refractivity contribution is 5.98. The highest BCUT2D eigenvalue weighted by Gasteiger charge is 2.15. The standard InChI is InChI=1S/C17H19NO2/c19-17(18-10-9-16-6-3-11-20-16)15-8-7-13-4-1-2-5-14(13)12-15/h1-2,4-5,7-8,12,16H,3,6,9-11H2,(H,18,19)/t16-/m0/s1. The first-order chi connectivity index (χ1) is 9.83. The van der Waals surface area contributed by atoms with Crippen molar-refractivity contribution < 1.29 is 9.53 Å². The number of carbonyl (C=O) groups is 1. The molecule has 1 fully saturated rings. The molecule has 1 N–H and O–H groups in total. The minimum absolute atomic E-state index is 0.00579. The molecule has 1 heterocycles. The molecule has 0 unspecified atom stereocenters. The largest absolute Gasteiger partial charge is 0.378 e. The van der Waals surface area contributed by atoms with Crippen LogP contribution in [0.1, 0.15) is 29.6 Å². The van der Waals surface area contributed by atoms with E-state index in [0.29, 0.717) is 12.6 Å². The summed E-state index contributed by atoms with van der Waals surface area (Å²) in [6.45, 7) is 1.54. The van der Waals surface area contributed by atoms with Gasteiger partial charge in [-0.1, -0.05) is 30.3 Å². The highest BCUT2D eigenvalue weighted by Crippen LogP contribution is 2.16. The van der Waals surface area contributed by atoms with E-state index in [9.17, 15) is 4.79 Å². The fourth-order valence-corrected chi connectivity index (χ4v) is 2.65. The van der Waals surface area contributed by atoms with Gasteiger partial charge in [0.25, 0.3) is 5.91 Å². The van der Waals surface area contributed by atoms with Crippen LogP contribution >= 0.6 is 0 Å². The number of carbonyl (C=O) groups excluding carboxylic acids is 1. The molecule has 2 aromatic carbocycles. The molecule has 1 amide bonds. The fraction of sp³-hybridized carbons (Fsp3) is 0.353. The zero-order chi connectivity index (χ0) is 13.8. The summed E-state index contributed by atoms with van der Waals surface area (Å²) in [7, 11) is 0. The summed E-state index contributed by atoms with van der Waals surface area (Å²) in [6, 6.07) is 13.9. The average molecular weight is 269 g/mol. The highest BCUT2D eigenvalue weighted by atomic mass is 16.5. The van der Waals surface area contributed by atoms with Gasteiger partial charge in [-0.05, 0) is 42.2 Å². The van der Waals surface area contributed by atoms with Crippen LogP contribution in [0.5, 0.6) is 0 Å². The lowest BCUT2D eigenvalue weighted by Gasteiger charge is -2.10. The van der Waals surface area contributed by atoms with Crippen molar-refractivity contribution in [2.75, 3.05) is 13.2 Å². The first-order valence-corrected chi connectivity index (χ1v) is 7.21. The lowest BCUT2D eigenvalue weighted by atomic mass is 10.1. The molecule has 3 heteroatoms. The van der Waals surface area contributed by atoms with Gasteiger partial charge in [-0.25, -0.2) is 0 Å². The zero-order valence-electron chi connectivity index (χ0n) is 11.5. The van der Waals surface area contributed by atoms with Crippen LogP contribution in [0.3, 0.4) is 0 Å². The van der Waals surface area contributed by atoms with Crippen molar-refractivity contribution in [2.45, 2.75) is 25.4 Å². The Hall–Kier alpha value is -1.87. The van der Waals surface area contributed by atoms with Crippen molar-refractivity contribution in [3.63, 3.8) is 0 Å². The van der Waals surface area contributed by atoms with Crippen molar-refractivity contribution in [1.82, 2.24) is 5.32 Å². The van der Waals surface area contributed by atoms with E-state index in [-0.39, 0.29) is 5.91 Å². The lowest BCUT2D eigenvalue weighted by Crippen LogP contribution is -2.26. The molecule has 0 spiro atoms. The number of benzene rings is 2. The van der Waals surface area contributed by atoms with Crippen molar-refractivity contribution in [1.29, 1.82) is 0 Å². The molecule has 1 atom stereocenters. The van der Waals surface area contributed by atoms with E-state index in [1.54, 1.807) is 0 Å². The van der Waals surface area contributed by atoms with E-state index in [1.165, 1.54) is 0 Å². The summed E-state index contributed by atoms with van der Waals surface area (Å²) in [5.74, 6) is -0.00579. The summed E-state index contributed by atoms with van der Waals surface area (Å²) in [5, 5.41) is 5.22. The van der Waals surface area contributed by atoms with Crippen molar-refractivity contribution >= 4 is 16.7 Å². The van der Waals surface area contributed by atoms with E-state index in [2.05, 4.69) is 11.4 Å². The summed E-state index contributed by atoms with van der Waals surface area (Å²) in [5.41, 5.74) is 0.719. The monoisotopic (exact) mass is 269 g/mol. The molecule has 1 aliphatic heterocycles. The van der Waals surface area contributed by atoms with Gasteiger partial charge in [-0.2, -0.15) is 0 Å². The third kappa shape index (κ3) is 2.99. The molecule has 3 nitrogen and oxygen atoms in total. The van der Waals surface area contributed by atoms with Crippen molar-refractivity contribution in [2.24, 2.45) is 0 Å². The van der Waals surface area contributed by atoms with Crippen LogP contribution in [0.4, 0.5) is 0 Å². The second-order valence-corrected chi connectivity index (χ2v) is 5.24. The van der Waals surface area contributed by atoms with Gasteiger partial charge in [0.05, 0.1) is 6.10 Å². The maximum absolute atomic E-state index is 12.1. The summed E-state index contributed by atoms with van der Waals surface area (Å²) >= 11 is 0. The molecule has 3 rings (SSSR count). The van der Waals surface area contributed by atoms with Gasteiger partial charge in [0.1, 0.15) is 0 Å². The molecule has 20 heavy (non-hydrogen) atoms. The number of nitrogens with one attached hydrogen (secondary N) is 1. The van der Waals surface area contributed by atoms with Crippen LogP contribution in [-0.4, -0.2) is 25.2 Å². The predicted octanol–water partition coefficient (Wildman–Crippen LogP) is 3.14. The second-order valence-electron chi connectivity index (χ2n) is 5.24. The maximum atomic E-state index is 12.1. The minimum atomic E-state index is -0.00579. The molecule has 0 aromatic heterocycles. The van der Waals surface area contributed by atoms with Gasteiger partial charge in [-0.3, -0.25) is 4.79 Å². The third-order valence-corrected chi connectivity index (χ3v) is 3.79. The third-order valence-electron chi connectivity index (χ3n) is 3.79. The molecular formula is C17H19NO2. The first-order valence-electron chi connectivity index (χ1n) is 7.21. The van der Waals surface area contributed by atoms with E-state index in [0.717, 1.165) is 42.2 Å². The minimum Gasteiger partial charge on any atom is -0.378 e. The molecule has 0 aliphatic carbocycles. The Kier molecular flexibility index (Phi) is 3.97. The van der Waals surface area contributed by atoms with Crippen LogP contribution in [-0.2, 0) is 4.74 Å². The molecule has 104 valence electrons. The Morgan fingerprint density at radius 1 is 1.20 bits per heavy atom. The van der Waals surface area contributed by atoms with Crippen LogP contribution in [0, 0.1) is 0 Å². The molecule has 0 saturated carbocycles. The van der Waals surface area contributed by atoms with Crippen LogP contribution in [0.15, 0.2) is 42.5 Å². The van der Waals surface area contributed by atoms with Crippen molar-refractivity contribution in [3.05, 3.63) is 48.0 Å². The SMILES string of the molecule is O=C(NCC[C@@H]1CCCO1)c1ccc2ccccc2c1. The number of hydrogen-bond donors (Lipinski definition) is 1. The zero-order valence-corrected chi connectivity index (χ0v) is 11.5. The molecule has 1 saturated heterocycles. The van der Waals surface area contributed by atoms with E-state index >= 15 is 0 Å². The van der Waals surface area contributed by atoms with E-state index in [1.807, 2.05) is 36.4 Å². The summed E-state index contributed by atoms with van der Waals surface area (Å²) in [4.78, 5) is 12.1. The molecule has 0 bridgehead atoms. The van der Waals surface area contributed by atoms with Crippen LogP contribution < -0.4 is 5.32 Å². The average Bonchev–Trinajstić information content (AvgIpc) is 3.00. The fourth-order valence-electron chi connectivity index (χ4n) is 2.65. The summed E-state index contributed by atoms with van der Waals surface area (Å²) < 4.78 is 5.55. The molecular weight excluding hydrogens is 250 g/mol. The normalized spacial score (nSPS) is 18.3. The molecule has 2 aromatic rings. The van der Waals surface area contributed by atoms with Gasteiger partial charge < -0.3 is 10.1 Å². The van der Waals surface area contributed by atoms with E-state index in [4.69, 9.17) is 4.74 Å². The van der Waals surface area contributed by atoms with Crippen molar-refractivity contribution in [3.8, 4) is 0 Å². The Labute approximate surface area is 118 Å². The predicted molar refractivity (Wildman–Crippen MR) is 79.9 cm³/mol. The summed E-state index contributed by atoms with van der Waals surface area (Å²) in [6.07, 6.45) is 3.49. The maximum Gasteiger partial charge on any atom is 0.251 e. The van der Waals surface area contributed by atoms with Gasteiger partial charge in [0, 0.05) is 18.7 Å². The van der Waals surface area contributed by atoms with Crippen LogP contribution in [0.2, 0.25) is 0 Å². The Morgan fingerprint density at radius 2 is 2.05 bits per heavy atom. The smallest absolute Gasteiger partial charge is 0.251 e. The van der Waals surface area contributed by atoms with Gasteiger partial charge in [0.2, 0.25) is 0 Å². The van der Waals surface area contributed by atoms with E-state index < -0.39 is 0 Å². The number of fused-ring (bicyclic) bond motifs is 1. The Morgan fingerprint density at radius 3 is 2.85 bits per heavy atom. The first kappa shape index (κ1) is 13.1. The second kappa shape index (κ2) is 6.06. The Balaban J connectivity index is 1.60. The number of hydrogen-bond acceptors (Lipinski definition) is 2. The molecule has 1 aliphatic rings. The topological polar surface area (TPSA) is 38.3 Å². The number of amides is 1. The molecule has 0 radical (unpaired) electrons. The Bertz CT molecular complexity index is 603. The quantitative estimate of drug-likeness (QED) is 0.926. The van der Waals surface area contributed by atoms with Gasteiger partial charge in [-0.15, -0.1) is 0 Å². The van der Waals surface area contributed by atoms with Crippen LogP contribution in [0.25, 0.3) is 10.8 Å². The lowest BCUT2D eigenvalue weighted by molar-refractivity contribution is 0.0907.